The average Bonchev–Trinajstić information content (AvgIpc) is 2.90. The van der Waals surface area contributed by atoms with Crippen molar-refractivity contribution in [3.8, 4) is 0 Å². The second kappa shape index (κ2) is 18.7. The molecule has 0 spiro atoms. The summed E-state index contributed by atoms with van der Waals surface area (Å²) in [6.45, 7) is 0.788. The van der Waals surface area contributed by atoms with Crippen LogP contribution in [0.15, 0.2) is 30.3 Å². The Morgan fingerprint density at radius 3 is 1.77 bits per heavy atom. The van der Waals surface area contributed by atoms with Crippen LogP contribution in [-0.2, 0) is 30.4 Å². The molecule has 4 amide bonds. The fourth-order valence-electron chi connectivity index (χ4n) is 3.82. The third-order valence-electron chi connectivity index (χ3n) is 6.10. The Hall–Kier alpha value is -3.55. The van der Waals surface area contributed by atoms with Crippen LogP contribution < -0.4 is 38.9 Å². The number of unbranched alkanes of at least 4 members (excludes halogenated alkanes) is 2. The van der Waals surface area contributed by atoms with E-state index in [2.05, 4.69) is 16.0 Å². The number of aliphatic carboxylic acids is 1. The van der Waals surface area contributed by atoms with Gasteiger partial charge in [-0.1, -0.05) is 30.3 Å². The van der Waals surface area contributed by atoms with Crippen molar-refractivity contribution in [1.29, 1.82) is 0 Å². The summed E-state index contributed by atoms with van der Waals surface area (Å²) in [5, 5.41) is 17.4. The second-order valence-electron chi connectivity index (χ2n) is 9.39. The first-order chi connectivity index (χ1) is 18.6. The molecule has 0 aliphatic heterocycles. The summed E-state index contributed by atoms with van der Waals surface area (Å²) < 4.78 is 0. The van der Waals surface area contributed by atoms with E-state index in [1.54, 1.807) is 30.3 Å². The maximum atomic E-state index is 13.3. The SMILES string of the molecule is NCCCCC(NC(=O)C(Cc1ccccc1)NC(=O)C(CCCCN)NC(=O)C(N)CCC(N)=O)C(=O)O. The number of benzene rings is 1. The molecule has 4 atom stereocenters. The minimum absolute atomic E-state index is 0.0120. The van der Waals surface area contributed by atoms with Crippen LogP contribution in [0.3, 0.4) is 0 Å². The van der Waals surface area contributed by atoms with Crippen molar-refractivity contribution in [3.63, 3.8) is 0 Å². The maximum Gasteiger partial charge on any atom is 0.326 e. The van der Waals surface area contributed by atoms with Gasteiger partial charge in [-0.25, -0.2) is 4.79 Å². The normalized spacial score (nSPS) is 13.9. The van der Waals surface area contributed by atoms with E-state index in [0.717, 1.165) is 5.56 Å². The summed E-state index contributed by atoms with van der Waals surface area (Å²) in [7, 11) is 0. The lowest BCUT2D eigenvalue weighted by Gasteiger charge is -2.25. The number of hydrogen-bond donors (Lipinski definition) is 8. The molecule has 13 nitrogen and oxygen atoms in total. The molecule has 13 heteroatoms. The van der Waals surface area contributed by atoms with Gasteiger partial charge in [-0.15, -0.1) is 0 Å². The molecule has 0 radical (unpaired) electrons. The van der Waals surface area contributed by atoms with E-state index in [4.69, 9.17) is 22.9 Å². The number of rotatable bonds is 20. The molecular formula is C26H43N7O6. The summed E-state index contributed by atoms with van der Waals surface area (Å²) in [4.78, 5) is 61.9. The Labute approximate surface area is 228 Å². The first kappa shape index (κ1) is 33.5. The fourth-order valence-corrected chi connectivity index (χ4v) is 3.82. The zero-order valence-electron chi connectivity index (χ0n) is 22.3. The van der Waals surface area contributed by atoms with Gasteiger partial charge in [-0.3, -0.25) is 19.2 Å². The van der Waals surface area contributed by atoms with Crippen molar-refractivity contribution < 1.29 is 29.1 Å². The van der Waals surface area contributed by atoms with Gasteiger partial charge >= 0.3 is 5.97 Å². The van der Waals surface area contributed by atoms with Crippen molar-refractivity contribution in [2.75, 3.05) is 13.1 Å². The Morgan fingerprint density at radius 1 is 0.718 bits per heavy atom. The molecule has 1 aromatic rings. The summed E-state index contributed by atoms with van der Waals surface area (Å²) in [5.41, 5.74) is 22.8. The zero-order chi connectivity index (χ0) is 29.2. The van der Waals surface area contributed by atoms with E-state index in [9.17, 15) is 29.1 Å². The van der Waals surface area contributed by atoms with Crippen LogP contribution in [0.1, 0.15) is 56.9 Å². The van der Waals surface area contributed by atoms with Crippen LogP contribution in [-0.4, -0.2) is 72.0 Å². The number of carbonyl (C=O) groups is 5. The topological polar surface area (TPSA) is 246 Å². The van der Waals surface area contributed by atoms with Gasteiger partial charge in [0.05, 0.1) is 6.04 Å². The van der Waals surface area contributed by atoms with E-state index in [1.165, 1.54) is 0 Å². The molecule has 0 saturated carbocycles. The summed E-state index contributed by atoms with van der Waals surface area (Å²) >= 11 is 0. The van der Waals surface area contributed by atoms with Crippen LogP contribution >= 0.6 is 0 Å². The van der Waals surface area contributed by atoms with Crippen LogP contribution in [0.4, 0.5) is 0 Å². The molecule has 12 N–H and O–H groups in total. The molecule has 0 aliphatic carbocycles. The monoisotopic (exact) mass is 549 g/mol. The number of hydrogen-bond acceptors (Lipinski definition) is 8. The Balaban J connectivity index is 3.07. The third-order valence-corrected chi connectivity index (χ3v) is 6.10. The molecule has 0 heterocycles. The number of amides is 4. The number of nitrogens with one attached hydrogen (secondary N) is 3. The Kier molecular flexibility index (Phi) is 16.0. The fraction of sp³-hybridized carbons (Fsp3) is 0.577. The molecule has 0 aromatic heterocycles. The van der Waals surface area contributed by atoms with Crippen molar-refractivity contribution in [2.45, 2.75) is 82.0 Å². The average molecular weight is 550 g/mol. The van der Waals surface area contributed by atoms with Gasteiger partial charge in [-0.2, -0.15) is 0 Å². The molecule has 1 aromatic carbocycles. The molecule has 0 aliphatic rings. The lowest BCUT2D eigenvalue weighted by atomic mass is 10.0. The van der Waals surface area contributed by atoms with Gasteiger partial charge in [0.15, 0.2) is 0 Å². The molecule has 4 unspecified atom stereocenters. The van der Waals surface area contributed by atoms with Gasteiger partial charge in [-0.05, 0) is 63.6 Å². The highest BCUT2D eigenvalue weighted by atomic mass is 16.4. The van der Waals surface area contributed by atoms with Gasteiger partial charge in [0.2, 0.25) is 23.6 Å². The summed E-state index contributed by atoms with van der Waals surface area (Å²) in [5.74, 6) is -3.74. The number of carboxylic acid groups (broad SMARTS) is 1. The van der Waals surface area contributed by atoms with Crippen LogP contribution in [0.2, 0.25) is 0 Å². The van der Waals surface area contributed by atoms with E-state index < -0.39 is 53.8 Å². The number of carbonyl (C=O) groups excluding carboxylic acids is 4. The molecular weight excluding hydrogens is 506 g/mol. The molecule has 0 bridgehead atoms. The van der Waals surface area contributed by atoms with Gasteiger partial charge < -0.3 is 44.0 Å². The smallest absolute Gasteiger partial charge is 0.326 e. The Morgan fingerprint density at radius 2 is 1.23 bits per heavy atom. The maximum absolute atomic E-state index is 13.3. The van der Waals surface area contributed by atoms with E-state index in [1.807, 2.05) is 0 Å². The summed E-state index contributed by atoms with van der Waals surface area (Å²) in [6, 6.07) is 4.56. The minimum Gasteiger partial charge on any atom is -0.480 e. The van der Waals surface area contributed by atoms with E-state index in [0.29, 0.717) is 38.8 Å². The number of carboxylic acids is 1. The largest absolute Gasteiger partial charge is 0.480 e. The first-order valence-corrected chi connectivity index (χ1v) is 13.2. The Bertz CT molecular complexity index is 931. The summed E-state index contributed by atoms with van der Waals surface area (Å²) in [6.07, 6.45) is 2.66. The van der Waals surface area contributed by atoms with Crippen LogP contribution in [0.25, 0.3) is 0 Å². The van der Waals surface area contributed by atoms with Crippen LogP contribution in [0, 0.1) is 0 Å². The molecule has 1 rings (SSSR count). The minimum atomic E-state index is -1.19. The van der Waals surface area contributed by atoms with E-state index >= 15 is 0 Å². The van der Waals surface area contributed by atoms with Crippen molar-refractivity contribution in [1.82, 2.24) is 16.0 Å². The number of nitrogens with two attached hydrogens (primary N) is 4. The standard InChI is InChI=1S/C26H43N7O6/c27-14-6-4-10-19(31-23(35)18(29)12-13-22(30)34)24(36)33-21(16-17-8-2-1-3-9-17)25(37)32-20(26(38)39)11-5-7-15-28/h1-3,8-9,18-21H,4-7,10-16,27-29H2,(H2,30,34)(H,31,35)(H,32,37)(H,33,36)(H,38,39). The van der Waals surface area contributed by atoms with Crippen molar-refractivity contribution in [2.24, 2.45) is 22.9 Å². The number of primary amides is 1. The third kappa shape index (κ3) is 13.7. The quantitative estimate of drug-likeness (QED) is 0.0891. The zero-order valence-corrected chi connectivity index (χ0v) is 22.3. The molecule has 39 heavy (non-hydrogen) atoms. The highest BCUT2D eigenvalue weighted by molar-refractivity contribution is 5.94. The van der Waals surface area contributed by atoms with Gasteiger partial charge in [0.1, 0.15) is 18.1 Å². The van der Waals surface area contributed by atoms with Crippen LogP contribution in [0.5, 0.6) is 0 Å². The molecule has 218 valence electrons. The lowest BCUT2D eigenvalue weighted by molar-refractivity contribution is -0.142. The first-order valence-electron chi connectivity index (χ1n) is 13.2. The predicted octanol–water partition coefficient (Wildman–Crippen LogP) is -1.38. The van der Waals surface area contributed by atoms with Crippen molar-refractivity contribution >= 4 is 29.6 Å². The molecule has 0 saturated heterocycles. The van der Waals surface area contributed by atoms with Gasteiger partial charge in [0, 0.05) is 12.8 Å². The van der Waals surface area contributed by atoms with E-state index in [-0.39, 0.29) is 32.1 Å². The second-order valence-corrected chi connectivity index (χ2v) is 9.39. The molecule has 0 fully saturated rings. The van der Waals surface area contributed by atoms with Crippen molar-refractivity contribution in [3.05, 3.63) is 35.9 Å². The predicted molar refractivity (Wildman–Crippen MR) is 146 cm³/mol. The highest BCUT2D eigenvalue weighted by Crippen LogP contribution is 2.09. The van der Waals surface area contributed by atoms with Gasteiger partial charge in [0.25, 0.3) is 0 Å². The highest BCUT2D eigenvalue weighted by Gasteiger charge is 2.30. The lowest BCUT2D eigenvalue weighted by Crippen LogP contribution is -2.57.